The Kier molecular flexibility index (Phi) is 3.83. The van der Waals surface area contributed by atoms with Crippen LogP contribution in [0.3, 0.4) is 0 Å². The number of fused-ring (bicyclic) bond motifs is 1. The minimum absolute atomic E-state index is 0.339. The molecule has 2 N–H and O–H groups in total. The van der Waals surface area contributed by atoms with Crippen LogP contribution >= 0.6 is 11.6 Å². The first-order valence-corrected chi connectivity index (χ1v) is 6.82. The molecule has 6 heteroatoms. The Morgan fingerprint density at radius 3 is 2.29 bits per heavy atom. The normalized spacial score (nSPS) is 12.6. The second-order valence-corrected chi connectivity index (χ2v) is 4.88. The molecule has 0 spiro atoms. The molecule has 2 aromatic rings. The molecule has 0 aromatic heterocycles. The van der Waals surface area contributed by atoms with Crippen molar-refractivity contribution in [2.45, 2.75) is 0 Å². The van der Waals surface area contributed by atoms with Crippen molar-refractivity contribution >= 4 is 29.0 Å². The van der Waals surface area contributed by atoms with Crippen molar-refractivity contribution in [1.29, 1.82) is 0 Å². The lowest BCUT2D eigenvalue weighted by molar-refractivity contribution is 0.171. The maximum absolute atomic E-state index is 11.9. The van der Waals surface area contributed by atoms with Crippen LogP contribution in [0.5, 0.6) is 11.5 Å². The van der Waals surface area contributed by atoms with Crippen LogP contribution < -0.4 is 20.1 Å². The molecule has 0 atom stereocenters. The highest BCUT2D eigenvalue weighted by Gasteiger charge is 2.12. The molecule has 1 heterocycles. The highest BCUT2D eigenvalue weighted by Crippen LogP contribution is 2.32. The molecule has 2 amide bonds. The van der Waals surface area contributed by atoms with Crippen LogP contribution in [0.4, 0.5) is 16.2 Å². The number of benzene rings is 2. The van der Waals surface area contributed by atoms with Crippen molar-refractivity contribution < 1.29 is 14.3 Å². The van der Waals surface area contributed by atoms with Crippen LogP contribution in [0.1, 0.15) is 0 Å². The standard InChI is InChI=1S/C15H13ClN2O3/c16-10-1-3-11(4-2-10)17-15(19)18-12-5-6-13-14(9-12)21-8-7-20-13/h1-6,9H,7-8H2,(H2,17,18,19). The number of hydrogen-bond donors (Lipinski definition) is 2. The van der Waals surface area contributed by atoms with E-state index in [2.05, 4.69) is 10.6 Å². The van der Waals surface area contributed by atoms with Gasteiger partial charge in [0, 0.05) is 22.5 Å². The van der Waals surface area contributed by atoms with E-state index in [4.69, 9.17) is 21.1 Å². The second-order valence-electron chi connectivity index (χ2n) is 4.44. The number of amides is 2. The summed E-state index contributed by atoms with van der Waals surface area (Å²) in [7, 11) is 0. The third-order valence-corrected chi connectivity index (χ3v) is 3.15. The maximum atomic E-state index is 11.9. The predicted molar refractivity (Wildman–Crippen MR) is 81.5 cm³/mol. The number of ether oxygens (including phenoxy) is 2. The average molecular weight is 305 g/mol. The van der Waals surface area contributed by atoms with Gasteiger partial charge in [-0.05, 0) is 36.4 Å². The minimum Gasteiger partial charge on any atom is -0.486 e. The second kappa shape index (κ2) is 5.93. The first-order chi connectivity index (χ1) is 10.2. The zero-order chi connectivity index (χ0) is 14.7. The van der Waals surface area contributed by atoms with Gasteiger partial charge < -0.3 is 20.1 Å². The van der Waals surface area contributed by atoms with E-state index in [0.29, 0.717) is 41.1 Å². The summed E-state index contributed by atoms with van der Waals surface area (Å²) in [6.45, 7) is 1.05. The van der Waals surface area contributed by atoms with Gasteiger partial charge in [-0.15, -0.1) is 0 Å². The largest absolute Gasteiger partial charge is 0.486 e. The van der Waals surface area contributed by atoms with Crippen molar-refractivity contribution in [3.8, 4) is 11.5 Å². The number of urea groups is 1. The van der Waals surface area contributed by atoms with Crippen LogP contribution in [0.2, 0.25) is 5.02 Å². The SMILES string of the molecule is O=C(Nc1ccc(Cl)cc1)Nc1ccc2c(c1)OCCO2. The van der Waals surface area contributed by atoms with E-state index in [-0.39, 0.29) is 6.03 Å². The monoisotopic (exact) mass is 304 g/mol. The zero-order valence-corrected chi connectivity index (χ0v) is 11.8. The van der Waals surface area contributed by atoms with Gasteiger partial charge in [0.1, 0.15) is 13.2 Å². The molecule has 0 fully saturated rings. The number of halogens is 1. The van der Waals surface area contributed by atoms with Gasteiger partial charge in [-0.1, -0.05) is 11.6 Å². The number of rotatable bonds is 2. The van der Waals surface area contributed by atoms with E-state index < -0.39 is 0 Å². The molecule has 21 heavy (non-hydrogen) atoms. The third kappa shape index (κ3) is 3.38. The smallest absolute Gasteiger partial charge is 0.323 e. The quantitative estimate of drug-likeness (QED) is 0.888. The van der Waals surface area contributed by atoms with Crippen molar-refractivity contribution in [2.24, 2.45) is 0 Å². The van der Waals surface area contributed by atoms with Crippen LogP contribution in [-0.2, 0) is 0 Å². The highest BCUT2D eigenvalue weighted by molar-refractivity contribution is 6.30. The molecule has 0 saturated heterocycles. The van der Waals surface area contributed by atoms with Crippen LogP contribution in [0.15, 0.2) is 42.5 Å². The molecular weight excluding hydrogens is 292 g/mol. The van der Waals surface area contributed by atoms with Crippen LogP contribution in [-0.4, -0.2) is 19.2 Å². The van der Waals surface area contributed by atoms with Crippen molar-refractivity contribution in [3.05, 3.63) is 47.5 Å². The molecule has 108 valence electrons. The Morgan fingerprint density at radius 2 is 1.52 bits per heavy atom. The lowest BCUT2D eigenvalue weighted by Crippen LogP contribution is -2.20. The first kappa shape index (κ1) is 13.6. The van der Waals surface area contributed by atoms with Gasteiger partial charge in [0.2, 0.25) is 0 Å². The Labute approximate surface area is 126 Å². The lowest BCUT2D eigenvalue weighted by Gasteiger charge is -2.19. The molecular formula is C15H13ClN2O3. The van der Waals surface area contributed by atoms with E-state index in [1.54, 1.807) is 42.5 Å². The summed E-state index contributed by atoms with van der Waals surface area (Å²) in [6, 6.07) is 11.8. The Balaban J connectivity index is 1.65. The summed E-state index contributed by atoms with van der Waals surface area (Å²) in [5.74, 6) is 1.32. The molecule has 1 aliphatic rings. The summed E-state index contributed by atoms with van der Waals surface area (Å²) >= 11 is 5.79. The summed E-state index contributed by atoms with van der Waals surface area (Å²) in [5, 5.41) is 6.07. The van der Waals surface area contributed by atoms with E-state index >= 15 is 0 Å². The summed E-state index contributed by atoms with van der Waals surface area (Å²) < 4.78 is 10.9. The van der Waals surface area contributed by atoms with E-state index in [0.717, 1.165) is 0 Å². The van der Waals surface area contributed by atoms with E-state index in [1.165, 1.54) is 0 Å². The number of hydrogen-bond acceptors (Lipinski definition) is 3. The minimum atomic E-state index is -0.339. The molecule has 0 radical (unpaired) electrons. The molecule has 3 rings (SSSR count). The van der Waals surface area contributed by atoms with Gasteiger partial charge in [-0.25, -0.2) is 4.79 Å². The average Bonchev–Trinajstić information content (AvgIpc) is 2.49. The molecule has 1 aliphatic heterocycles. The number of carbonyl (C=O) groups is 1. The van der Waals surface area contributed by atoms with Crippen molar-refractivity contribution in [1.82, 2.24) is 0 Å². The fourth-order valence-electron chi connectivity index (χ4n) is 1.95. The third-order valence-electron chi connectivity index (χ3n) is 2.90. The molecule has 2 aromatic carbocycles. The summed E-state index contributed by atoms with van der Waals surface area (Å²) in [6.07, 6.45) is 0. The van der Waals surface area contributed by atoms with E-state index in [1.807, 2.05) is 0 Å². The molecule has 0 unspecified atom stereocenters. The maximum Gasteiger partial charge on any atom is 0.323 e. The predicted octanol–water partition coefficient (Wildman–Crippen LogP) is 3.76. The summed E-state index contributed by atoms with van der Waals surface area (Å²) in [5.41, 5.74) is 1.29. The Bertz CT molecular complexity index is 658. The van der Waals surface area contributed by atoms with Crippen molar-refractivity contribution in [3.63, 3.8) is 0 Å². The highest BCUT2D eigenvalue weighted by atomic mass is 35.5. The first-order valence-electron chi connectivity index (χ1n) is 6.44. The topological polar surface area (TPSA) is 59.6 Å². The molecule has 0 bridgehead atoms. The number of carbonyl (C=O) groups excluding carboxylic acids is 1. The van der Waals surface area contributed by atoms with Crippen LogP contribution in [0, 0.1) is 0 Å². The van der Waals surface area contributed by atoms with Crippen molar-refractivity contribution in [2.75, 3.05) is 23.8 Å². The Morgan fingerprint density at radius 1 is 0.905 bits per heavy atom. The fourth-order valence-corrected chi connectivity index (χ4v) is 2.07. The Hall–Kier alpha value is -2.40. The lowest BCUT2D eigenvalue weighted by atomic mass is 10.2. The molecule has 5 nitrogen and oxygen atoms in total. The van der Waals surface area contributed by atoms with E-state index in [9.17, 15) is 4.79 Å². The van der Waals surface area contributed by atoms with Gasteiger partial charge in [0.05, 0.1) is 0 Å². The van der Waals surface area contributed by atoms with Gasteiger partial charge in [0.25, 0.3) is 0 Å². The van der Waals surface area contributed by atoms with Crippen LogP contribution in [0.25, 0.3) is 0 Å². The summed E-state index contributed by atoms with van der Waals surface area (Å²) in [4.78, 5) is 11.9. The van der Waals surface area contributed by atoms with Gasteiger partial charge >= 0.3 is 6.03 Å². The van der Waals surface area contributed by atoms with Gasteiger partial charge in [0.15, 0.2) is 11.5 Å². The molecule has 0 aliphatic carbocycles. The molecule has 0 saturated carbocycles. The van der Waals surface area contributed by atoms with Gasteiger partial charge in [-0.2, -0.15) is 0 Å². The fraction of sp³-hybridized carbons (Fsp3) is 0.133. The number of nitrogens with one attached hydrogen (secondary N) is 2. The number of anilines is 2. The zero-order valence-electron chi connectivity index (χ0n) is 11.1. The van der Waals surface area contributed by atoms with Gasteiger partial charge in [-0.3, -0.25) is 0 Å².